The zero-order valence-electron chi connectivity index (χ0n) is 19.3. The molecule has 0 saturated carbocycles. The number of phenols is 1. The molecule has 0 aromatic heterocycles. The van der Waals surface area contributed by atoms with Gasteiger partial charge in [0, 0.05) is 12.3 Å². The molecule has 0 radical (unpaired) electrons. The number of carbonyl (C=O) groups is 1. The Morgan fingerprint density at radius 3 is 1.46 bits per heavy atom. The van der Waals surface area contributed by atoms with E-state index in [9.17, 15) is 9.90 Å². The third-order valence-corrected chi connectivity index (χ3v) is 3.43. The van der Waals surface area contributed by atoms with Crippen LogP contribution in [-0.4, -0.2) is 11.1 Å². The van der Waals surface area contributed by atoms with Crippen LogP contribution >= 0.6 is 0 Å². The Labute approximate surface area is 172 Å². The van der Waals surface area contributed by atoms with Gasteiger partial charge in [0.05, 0.1) is 0 Å². The van der Waals surface area contributed by atoms with Crippen molar-refractivity contribution >= 4 is 5.97 Å². The topological polar surface area (TPSA) is 46.5 Å². The summed E-state index contributed by atoms with van der Waals surface area (Å²) in [7, 11) is 0. The summed E-state index contributed by atoms with van der Waals surface area (Å²) in [6.07, 6.45) is 2.50. The van der Waals surface area contributed by atoms with Crippen LogP contribution in [-0.2, 0) is 10.2 Å². The van der Waals surface area contributed by atoms with Crippen LogP contribution in [0.2, 0.25) is 0 Å². The van der Waals surface area contributed by atoms with Gasteiger partial charge in [-0.25, -0.2) is 0 Å². The molecular weight excluding hydrogens is 348 g/mol. The van der Waals surface area contributed by atoms with Crippen LogP contribution in [0.3, 0.4) is 0 Å². The average molecular weight is 389 g/mol. The van der Waals surface area contributed by atoms with Crippen molar-refractivity contribution in [2.45, 2.75) is 80.6 Å². The maximum Gasteiger partial charge on any atom is 0.308 e. The third kappa shape index (κ3) is 10.8. The lowest BCUT2D eigenvalue weighted by atomic mass is 9.78. The van der Waals surface area contributed by atoms with Crippen LogP contribution in [0.1, 0.15) is 86.3 Å². The first-order valence-corrected chi connectivity index (χ1v) is 10.3. The quantitative estimate of drug-likeness (QED) is 0.437. The van der Waals surface area contributed by atoms with Crippen LogP contribution in [0, 0.1) is 0 Å². The zero-order chi connectivity index (χ0) is 22.2. The third-order valence-electron chi connectivity index (χ3n) is 3.43. The van der Waals surface area contributed by atoms with Gasteiger partial charge in [0.2, 0.25) is 0 Å². The highest BCUT2D eigenvalue weighted by Gasteiger charge is 2.23. The van der Waals surface area contributed by atoms with Crippen LogP contribution in [0.15, 0.2) is 48.5 Å². The van der Waals surface area contributed by atoms with Crippen LogP contribution in [0.25, 0.3) is 0 Å². The number of carbonyl (C=O) groups excluding carboxylic acids is 1. The number of esters is 1. The number of hydrogen-bond donors (Lipinski definition) is 1. The molecule has 0 amide bonds. The van der Waals surface area contributed by atoms with Crippen molar-refractivity contribution in [3.63, 3.8) is 0 Å². The van der Waals surface area contributed by atoms with Gasteiger partial charge in [-0.3, -0.25) is 4.79 Å². The van der Waals surface area contributed by atoms with Gasteiger partial charge in [-0.05, 0) is 35.4 Å². The van der Waals surface area contributed by atoms with Crippen molar-refractivity contribution in [1.82, 2.24) is 0 Å². The minimum atomic E-state index is -0.324. The smallest absolute Gasteiger partial charge is 0.308 e. The SMILES string of the molecule is CC.CC(=O)Oc1ccc(C(C)(C)c2ccc(O)cc2)cc1.CCC.CCC. The average Bonchev–Trinajstić information content (AvgIpc) is 2.65. The summed E-state index contributed by atoms with van der Waals surface area (Å²) in [5.74, 6) is 0.480. The molecule has 0 aliphatic rings. The van der Waals surface area contributed by atoms with Gasteiger partial charge in [0.15, 0.2) is 0 Å². The number of ether oxygens (including phenoxy) is 1. The van der Waals surface area contributed by atoms with Crippen molar-refractivity contribution in [2.24, 2.45) is 0 Å². The first-order valence-electron chi connectivity index (χ1n) is 10.3. The molecule has 0 unspecified atom stereocenters. The lowest BCUT2D eigenvalue weighted by Gasteiger charge is -2.26. The maximum atomic E-state index is 10.9. The summed E-state index contributed by atoms with van der Waals surface area (Å²) < 4.78 is 5.03. The molecule has 2 aromatic carbocycles. The Morgan fingerprint density at radius 2 is 1.14 bits per heavy atom. The second-order valence-electron chi connectivity index (χ2n) is 6.70. The maximum absolute atomic E-state index is 10.9. The van der Waals surface area contributed by atoms with Gasteiger partial charge in [0.25, 0.3) is 0 Å². The summed E-state index contributed by atoms with van der Waals surface area (Å²) in [6, 6.07) is 14.7. The molecule has 3 heteroatoms. The van der Waals surface area contributed by atoms with Gasteiger partial charge in [-0.15, -0.1) is 0 Å². The van der Waals surface area contributed by atoms with Crippen molar-refractivity contribution in [1.29, 1.82) is 0 Å². The monoisotopic (exact) mass is 388 g/mol. The van der Waals surface area contributed by atoms with Crippen molar-refractivity contribution in [3.8, 4) is 11.5 Å². The largest absolute Gasteiger partial charge is 0.508 e. The first-order chi connectivity index (χ1) is 13.2. The minimum Gasteiger partial charge on any atom is -0.508 e. The molecule has 0 saturated heterocycles. The number of hydrogen-bond acceptors (Lipinski definition) is 3. The van der Waals surface area contributed by atoms with Gasteiger partial charge in [-0.2, -0.15) is 0 Å². The normalized spacial score (nSPS) is 9.46. The second kappa shape index (κ2) is 15.7. The molecular formula is C25H40O3. The molecule has 0 spiro atoms. The van der Waals surface area contributed by atoms with E-state index >= 15 is 0 Å². The van der Waals surface area contributed by atoms with E-state index in [-0.39, 0.29) is 17.1 Å². The van der Waals surface area contributed by atoms with E-state index in [0.29, 0.717) is 5.75 Å². The Hall–Kier alpha value is -2.29. The fourth-order valence-corrected chi connectivity index (χ4v) is 2.15. The lowest BCUT2D eigenvalue weighted by Crippen LogP contribution is -2.18. The number of phenolic OH excluding ortho intramolecular Hbond substituents is 1. The van der Waals surface area contributed by atoms with Crippen LogP contribution < -0.4 is 4.74 Å². The van der Waals surface area contributed by atoms with E-state index in [1.165, 1.54) is 19.8 Å². The van der Waals surface area contributed by atoms with Crippen molar-refractivity contribution in [3.05, 3.63) is 59.7 Å². The van der Waals surface area contributed by atoms with Gasteiger partial charge in [0.1, 0.15) is 11.5 Å². The standard InChI is InChI=1S/C17H18O3.2C3H8.C2H6/c1-12(18)20-16-10-6-14(7-11-16)17(2,3)13-4-8-15(19)9-5-13;2*1-3-2;1-2/h4-11,19H,1-3H3;2*3H2,1-2H3;1-2H3. The van der Waals surface area contributed by atoms with Crippen molar-refractivity contribution in [2.75, 3.05) is 0 Å². The number of benzene rings is 2. The van der Waals surface area contributed by atoms with E-state index in [1.54, 1.807) is 24.3 Å². The minimum absolute atomic E-state index is 0.192. The fraction of sp³-hybridized carbons (Fsp3) is 0.480. The molecule has 1 N–H and O–H groups in total. The van der Waals surface area contributed by atoms with Gasteiger partial charge in [-0.1, -0.05) is 92.5 Å². The predicted octanol–water partition coefficient (Wildman–Crippen LogP) is 7.50. The fourth-order valence-electron chi connectivity index (χ4n) is 2.15. The highest BCUT2D eigenvalue weighted by atomic mass is 16.5. The lowest BCUT2D eigenvalue weighted by molar-refractivity contribution is -0.131. The Balaban J connectivity index is 0. The Kier molecular flexibility index (Phi) is 15.7. The molecule has 158 valence electrons. The van der Waals surface area contributed by atoms with Gasteiger partial charge >= 0.3 is 5.97 Å². The first kappa shape index (κ1) is 27.9. The highest BCUT2D eigenvalue weighted by molar-refractivity contribution is 5.69. The molecule has 0 aliphatic carbocycles. The van der Waals surface area contributed by atoms with E-state index < -0.39 is 0 Å². The van der Waals surface area contributed by atoms with Crippen molar-refractivity contribution < 1.29 is 14.6 Å². The molecule has 0 heterocycles. The van der Waals surface area contributed by atoms with E-state index in [0.717, 1.165) is 11.1 Å². The summed E-state index contributed by atoms with van der Waals surface area (Å²) >= 11 is 0. The summed E-state index contributed by atoms with van der Waals surface area (Å²) in [5.41, 5.74) is 2.03. The molecule has 2 aromatic rings. The molecule has 28 heavy (non-hydrogen) atoms. The van der Waals surface area contributed by atoms with E-state index in [4.69, 9.17) is 4.74 Å². The Bertz CT molecular complexity index is 624. The highest BCUT2D eigenvalue weighted by Crippen LogP contribution is 2.33. The zero-order valence-corrected chi connectivity index (χ0v) is 19.3. The Morgan fingerprint density at radius 1 is 0.821 bits per heavy atom. The molecule has 0 aliphatic heterocycles. The predicted molar refractivity (Wildman–Crippen MR) is 121 cm³/mol. The van der Waals surface area contributed by atoms with E-state index in [2.05, 4.69) is 41.5 Å². The number of aromatic hydroxyl groups is 1. The summed E-state index contributed by atoms with van der Waals surface area (Å²) in [5, 5.41) is 9.36. The molecule has 0 atom stereocenters. The van der Waals surface area contributed by atoms with E-state index in [1.807, 2.05) is 38.1 Å². The second-order valence-corrected chi connectivity index (χ2v) is 6.70. The molecule has 2 rings (SSSR count). The molecule has 0 fully saturated rings. The number of rotatable bonds is 3. The molecule has 3 nitrogen and oxygen atoms in total. The summed E-state index contributed by atoms with van der Waals surface area (Å²) in [6.45, 7) is 18.1. The van der Waals surface area contributed by atoms with Crippen LogP contribution in [0.5, 0.6) is 11.5 Å². The summed E-state index contributed by atoms with van der Waals surface area (Å²) in [4.78, 5) is 10.9. The molecule has 0 bridgehead atoms. The van der Waals surface area contributed by atoms with Crippen LogP contribution in [0.4, 0.5) is 0 Å². The van der Waals surface area contributed by atoms with Gasteiger partial charge < -0.3 is 9.84 Å².